The Morgan fingerprint density at radius 2 is 2.04 bits per heavy atom. The zero-order valence-electron chi connectivity index (χ0n) is 13.1. The molecule has 0 aliphatic carbocycles. The van der Waals surface area contributed by atoms with Gasteiger partial charge in [-0.25, -0.2) is 13.4 Å². The lowest BCUT2D eigenvalue weighted by Gasteiger charge is -2.10. The van der Waals surface area contributed by atoms with E-state index in [-0.39, 0.29) is 5.08 Å². The van der Waals surface area contributed by atoms with Crippen LogP contribution >= 0.6 is 23.1 Å². The smallest absolute Gasteiger partial charge is 0.242 e. The first-order valence-corrected chi connectivity index (χ1v) is 10.6. The third kappa shape index (κ3) is 4.00. The van der Waals surface area contributed by atoms with Crippen LogP contribution < -0.4 is 9.46 Å². The summed E-state index contributed by atoms with van der Waals surface area (Å²) in [7, 11) is -2.01. The molecule has 2 aromatic carbocycles. The number of fused-ring (bicyclic) bond motifs is 1. The highest BCUT2D eigenvalue weighted by atomic mass is 32.3. The van der Waals surface area contributed by atoms with Gasteiger partial charge in [-0.2, -0.15) is 0 Å². The second-order valence-corrected chi connectivity index (χ2v) is 9.47. The van der Waals surface area contributed by atoms with Gasteiger partial charge >= 0.3 is 0 Å². The fourth-order valence-corrected chi connectivity index (χ4v) is 5.67. The van der Waals surface area contributed by atoms with Crippen molar-refractivity contribution >= 4 is 49.0 Å². The quantitative estimate of drug-likeness (QED) is 0.652. The molecule has 1 N–H and O–H groups in total. The van der Waals surface area contributed by atoms with E-state index in [1.165, 1.54) is 30.2 Å². The summed E-state index contributed by atoms with van der Waals surface area (Å²) in [5.41, 5.74) is 2.47. The number of rotatable bonds is 6. The summed E-state index contributed by atoms with van der Waals surface area (Å²) in [6.07, 6.45) is 0. The van der Waals surface area contributed by atoms with Crippen molar-refractivity contribution in [2.45, 2.75) is 11.3 Å². The number of thiazole rings is 1. The molecule has 0 saturated heterocycles. The molecule has 1 heterocycles. The molecule has 126 valence electrons. The van der Waals surface area contributed by atoms with E-state index >= 15 is 0 Å². The number of ether oxygens (including phenoxy) is 1. The zero-order chi connectivity index (χ0) is 17.2. The van der Waals surface area contributed by atoms with Crippen LogP contribution in [0.5, 0.6) is 5.75 Å². The first-order chi connectivity index (χ1) is 11.5. The van der Waals surface area contributed by atoms with Crippen LogP contribution in [0.25, 0.3) is 10.2 Å². The fraction of sp³-hybridized carbons (Fsp3) is 0.188. The molecule has 0 radical (unpaired) electrons. The number of benzene rings is 2. The van der Waals surface area contributed by atoms with Crippen LogP contribution in [0.4, 0.5) is 5.69 Å². The average Bonchev–Trinajstić information content (AvgIpc) is 2.95. The Kier molecular flexibility index (Phi) is 4.98. The Balaban J connectivity index is 1.72. The normalized spacial score (nSPS) is 11.6. The molecule has 0 aliphatic heterocycles. The number of aromatic nitrogens is 1. The molecule has 0 spiro atoms. The molecule has 0 amide bonds. The summed E-state index contributed by atoms with van der Waals surface area (Å²) in [5.74, 6) is 0.488. The van der Waals surface area contributed by atoms with Gasteiger partial charge in [0.15, 0.2) is 4.34 Å². The summed E-state index contributed by atoms with van der Waals surface area (Å²) < 4.78 is 34.1. The summed E-state index contributed by atoms with van der Waals surface area (Å²) in [4.78, 5) is 4.48. The van der Waals surface area contributed by atoms with Crippen molar-refractivity contribution in [2.24, 2.45) is 0 Å². The van der Waals surface area contributed by atoms with Crippen molar-refractivity contribution in [2.75, 3.05) is 16.9 Å². The Morgan fingerprint density at radius 1 is 1.25 bits per heavy atom. The molecule has 3 rings (SSSR count). The molecule has 0 unspecified atom stereocenters. The number of nitrogens with zero attached hydrogens (tertiary/aromatic N) is 1. The summed E-state index contributed by atoms with van der Waals surface area (Å²) in [5, 5.41) is -0.107. The lowest BCUT2D eigenvalue weighted by molar-refractivity contribution is 0.417. The van der Waals surface area contributed by atoms with E-state index in [0.29, 0.717) is 11.4 Å². The minimum absolute atomic E-state index is 0.107. The number of aryl methyl sites for hydroxylation is 1. The highest BCUT2D eigenvalue weighted by Crippen LogP contribution is 2.31. The number of anilines is 1. The fourth-order valence-electron chi connectivity index (χ4n) is 2.13. The number of para-hydroxylation sites is 2. The van der Waals surface area contributed by atoms with Crippen LogP contribution in [-0.2, 0) is 10.0 Å². The standard InChI is InChI=1S/C16H16N2O3S3/c1-11-7-8-15-13(9-11)17-16(23-15)22-10-24(19,20)18-12-5-3-4-6-14(12)21-2/h3-9,18H,10H2,1-2H3. The van der Waals surface area contributed by atoms with Crippen molar-refractivity contribution in [3.05, 3.63) is 48.0 Å². The number of hydrogen-bond donors (Lipinski definition) is 1. The first kappa shape index (κ1) is 17.1. The minimum Gasteiger partial charge on any atom is -0.495 e. The highest BCUT2D eigenvalue weighted by Gasteiger charge is 2.15. The molecule has 3 aromatic rings. The van der Waals surface area contributed by atoms with Gasteiger partial charge in [-0.05, 0) is 36.8 Å². The maximum Gasteiger partial charge on any atom is 0.242 e. The van der Waals surface area contributed by atoms with Gasteiger partial charge in [-0.15, -0.1) is 11.3 Å². The van der Waals surface area contributed by atoms with Crippen molar-refractivity contribution in [1.29, 1.82) is 0 Å². The Morgan fingerprint density at radius 3 is 2.83 bits per heavy atom. The van der Waals surface area contributed by atoms with Crippen LogP contribution in [0.15, 0.2) is 46.8 Å². The number of methoxy groups -OCH3 is 1. The van der Waals surface area contributed by atoms with Gasteiger partial charge in [-0.3, -0.25) is 4.72 Å². The number of thioether (sulfide) groups is 1. The minimum atomic E-state index is -3.51. The SMILES string of the molecule is COc1ccccc1NS(=O)(=O)CSc1nc2cc(C)ccc2s1. The van der Waals surface area contributed by atoms with E-state index in [4.69, 9.17) is 4.74 Å². The number of nitrogens with one attached hydrogen (secondary N) is 1. The number of sulfonamides is 1. The van der Waals surface area contributed by atoms with Gasteiger partial charge < -0.3 is 4.74 Å². The monoisotopic (exact) mass is 380 g/mol. The largest absolute Gasteiger partial charge is 0.495 e. The predicted octanol–water partition coefficient (Wildman–Crippen LogP) is 4.10. The van der Waals surface area contributed by atoms with Gasteiger partial charge in [0, 0.05) is 0 Å². The zero-order valence-corrected chi connectivity index (χ0v) is 15.6. The summed E-state index contributed by atoms with van der Waals surface area (Å²) in [6, 6.07) is 12.9. The maximum atomic E-state index is 12.3. The second kappa shape index (κ2) is 7.00. The Labute approximate surface area is 149 Å². The lowest BCUT2D eigenvalue weighted by atomic mass is 10.2. The topological polar surface area (TPSA) is 68.3 Å². The van der Waals surface area contributed by atoms with Crippen LogP contribution in [0.3, 0.4) is 0 Å². The highest BCUT2D eigenvalue weighted by molar-refractivity contribution is 8.13. The van der Waals surface area contributed by atoms with Crippen LogP contribution in [0.1, 0.15) is 5.56 Å². The van der Waals surface area contributed by atoms with E-state index < -0.39 is 10.0 Å². The van der Waals surface area contributed by atoms with E-state index in [2.05, 4.69) is 9.71 Å². The molecule has 24 heavy (non-hydrogen) atoms. The third-order valence-corrected chi connectivity index (χ3v) is 7.25. The van der Waals surface area contributed by atoms with Gasteiger partial charge in [0.25, 0.3) is 0 Å². The van der Waals surface area contributed by atoms with Crippen molar-refractivity contribution < 1.29 is 13.2 Å². The molecule has 0 aliphatic rings. The van der Waals surface area contributed by atoms with Gasteiger partial charge in [0.1, 0.15) is 10.8 Å². The van der Waals surface area contributed by atoms with Crippen LogP contribution in [0, 0.1) is 6.92 Å². The molecule has 0 atom stereocenters. The maximum absolute atomic E-state index is 12.3. The lowest BCUT2D eigenvalue weighted by Crippen LogP contribution is -2.15. The van der Waals surface area contributed by atoms with Crippen molar-refractivity contribution in [1.82, 2.24) is 4.98 Å². The van der Waals surface area contributed by atoms with E-state index in [1.54, 1.807) is 24.3 Å². The van der Waals surface area contributed by atoms with E-state index in [1.807, 2.05) is 25.1 Å². The van der Waals surface area contributed by atoms with Crippen molar-refractivity contribution in [3.63, 3.8) is 0 Å². The predicted molar refractivity (Wildman–Crippen MR) is 101 cm³/mol. The molecule has 0 bridgehead atoms. The third-order valence-electron chi connectivity index (χ3n) is 3.23. The second-order valence-electron chi connectivity index (χ2n) is 5.13. The number of hydrogen-bond acceptors (Lipinski definition) is 6. The Hall–Kier alpha value is -1.77. The molecule has 0 fully saturated rings. The molecular formula is C16H16N2O3S3. The van der Waals surface area contributed by atoms with Crippen molar-refractivity contribution in [3.8, 4) is 5.75 Å². The summed E-state index contributed by atoms with van der Waals surface area (Å²) >= 11 is 2.70. The molecule has 1 aromatic heterocycles. The first-order valence-electron chi connectivity index (χ1n) is 7.10. The van der Waals surface area contributed by atoms with Gasteiger partial charge in [0.2, 0.25) is 10.0 Å². The molecular weight excluding hydrogens is 364 g/mol. The van der Waals surface area contributed by atoms with E-state index in [0.717, 1.165) is 20.1 Å². The summed E-state index contributed by atoms with van der Waals surface area (Å²) in [6.45, 7) is 2.01. The van der Waals surface area contributed by atoms with Crippen LogP contribution in [-0.4, -0.2) is 25.6 Å². The Bertz CT molecular complexity index is 968. The molecule has 8 heteroatoms. The molecule has 0 saturated carbocycles. The van der Waals surface area contributed by atoms with Crippen LogP contribution in [0.2, 0.25) is 0 Å². The molecule has 5 nitrogen and oxygen atoms in total. The van der Waals surface area contributed by atoms with E-state index in [9.17, 15) is 8.42 Å². The van der Waals surface area contributed by atoms with Gasteiger partial charge in [0.05, 0.1) is 23.0 Å². The average molecular weight is 381 g/mol. The van der Waals surface area contributed by atoms with Gasteiger partial charge in [-0.1, -0.05) is 30.0 Å².